The Labute approximate surface area is 220 Å². The van der Waals surface area contributed by atoms with Gasteiger partial charge in [-0.2, -0.15) is 13.2 Å². The zero-order valence-electron chi connectivity index (χ0n) is 21.6. The van der Waals surface area contributed by atoms with Gasteiger partial charge in [0, 0.05) is 45.0 Å². The van der Waals surface area contributed by atoms with Crippen molar-refractivity contribution in [3.63, 3.8) is 0 Å². The molecule has 0 radical (unpaired) electrons. The van der Waals surface area contributed by atoms with Crippen LogP contribution in [0.4, 0.5) is 13.2 Å². The molecule has 0 aliphatic rings. The van der Waals surface area contributed by atoms with Crippen LogP contribution in [0.5, 0.6) is 0 Å². The lowest BCUT2D eigenvalue weighted by molar-refractivity contribution is -0.136. The summed E-state index contributed by atoms with van der Waals surface area (Å²) >= 11 is 1.92. The van der Waals surface area contributed by atoms with E-state index in [1.807, 2.05) is 37.7 Å². The molecule has 0 spiro atoms. The highest BCUT2D eigenvalue weighted by Crippen LogP contribution is 2.39. The van der Waals surface area contributed by atoms with Gasteiger partial charge in [-0.05, 0) is 61.8 Å². The second-order valence-electron chi connectivity index (χ2n) is 9.64. The normalized spacial score (nSPS) is 12.1. The Bertz CT molecular complexity index is 1390. The SMILES string of the molecule is CCc1c(C)c2c3c(C(F)(F)F)cc(=O)[nH]c3ccc2n1CCCCCCCCCSc1ccccc1. The first-order valence-corrected chi connectivity index (χ1v) is 14.2. The average Bonchev–Trinajstić information content (AvgIpc) is 3.15. The third-order valence-electron chi connectivity index (χ3n) is 7.09. The smallest absolute Gasteiger partial charge is 0.344 e. The van der Waals surface area contributed by atoms with Crippen LogP contribution in [-0.4, -0.2) is 15.3 Å². The molecule has 2 heterocycles. The number of thioether (sulfide) groups is 1. The number of H-pyrrole nitrogens is 1. The van der Waals surface area contributed by atoms with E-state index < -0.39 is 17.3 Å². The van der Waals surface area contributed by atoms with Gasteiger partial charge in [-0.15, -0.1) is 11.8 Å². The topological polar surface area (TPSA) is 37.8 Å². The molecule has 2 aromatic carbocycles. The van der Waals surface area contributed by atoms with Gasteiger partial charge in [0.1, 0.15) is 0 Å². The lowest BCUT2D eigenvalue weighted by Gasteiger charge is -2.12. The number of fused-ring (bicyclic) bond motifs is 3. The average molecular weight is 529 g/mol. The van der Waals surface area contributed by atoms with Gasteiger partial charge in [0.05, 0.1) is 5.56 Å². The van der Waals surface area contributed by atoms with E-state index in [1.54, 1.807) is 6.07 Å². The number of unbranched alkanes of at least 4 members (excludes halogenated alkanes) is 6. The maximum absolute atomic E-state index is 13.9. The Kier molecular flexibility index (Phi) is 9.06. The molecule has 0 bridgehead atoms. The van der Waals surface area contributed by atoms with Crippen molar-refractivity contribution in [2.24, 2.45) is 0 Å². The molecule has 0 unspecified atom stereocenters. The summed E-state index contributed by atoms with van der Waals surface area (Å²) in [5, 5.41) is 0.701. The van der Waals surface area contributed by atoms with E-state index >= 15 is 0 Å². The summed E-state index contributed by atoms with van der Waals surface area (Å²) in [6.07, 6.45) is 4.36. The van der Waals surface area contributed by atoms with Crippen LogP contribution < -0.4 is 5.56 Å². The third kappa shape index (κ3) is 6.43. The van der Waals surface area contributed by atoms with Gasteiger partial charge in [-0.3, -0.25) is 4.79 Å². The molecular formula is C30H35F3N2OS. The van der Waals surface area contributed by atoms with Crippen LogP contribution in [-0.2, 0) is 19.1 Å². The number of halogens is 3. The minimum atomic E-state index is -4.60. The van der Waals surface area contributed by atoms with E-state index in [2.05, 4.69) is 33.8 Å². The molecule has 4 rings (SSSR count). The summed E-state index contributed by atoms with van der Waals surface area (Å²) in [7, 11) is 0. The Hall–Kier alpha value is -2.67. The highest BCUT2D eigenvalue weighted by molar-refractivity contribution is 7.99. The molecule has 0 aliphatic carbocycles. The number of pyridine rings is 1. The van der Waals surface area contributed by atoms with Gasteiger partial charge in [0.25, 0.3) is 0 Å². The first-order chi connectivity index (χ1) is 17.8. The number of hydrogen-bond acceptors (Lipinski definition) is 2. The Morgan fingerprint density at radius 2 is 1.57 bits per heavy atom. The summed E-state index contributed by atoms with van der Waals surface area (Å²) in [4.78, 5) is 15.8. The van der Waals surface area contributed by atoms with Crippen molar-refractivity contribution in [1.29, 1.82) is 0 Å². The molecule has 37 heavy (non-hydrogen) atoms. The van der Waals surface area contributed by atoms with Crippen LogP contribution in [0.25, 0.3) is 21.8 Å². The number of aromatic nitrogens is 2. The first-order valence-electron chi connectivity index (χ1n) is 13.2. The second-order valence-corrected chi connectivity index (χ2v) is 10.8. The molecule has 7 heteroatoms. The maximum Gasteiger partial charge on any atom is 0.417 e. The Morgan fingerprint density at radius 3 is 2.24 bits per heavy atom. The van der Waals surface area contributed by atoms with Gasteiger partial charge in [0.2, 0.25) is 5.56 Å². The van der Waals surface area contributed by atoms with Crippen molar-refractivity contribution in [3.05, 3.63) is 75.7 Å². The largest absolute Gasteiger partial charge is 0.417 e. The number of aromatic amines is 1. The molecule has 4 aromatic rings. The summed E-state index contributed by atoms with van der Waals surface area (Å²) in [6, 6.07) is 14.7. The molecule has 0 fully saturated rings. The molecule has 2 aromatic heterocycles. The highest BCUT2D eigenvalue weighted by atomic mass is 32.2. The second kappa shape index (κ2) is 12.2. The number of rotatable bonds is 12. The lowest BCUT2D eigenvalue weighted by atomic mass is 10.0. The van der Waals surface area contributed by atoms with E-state index in [1.165, 1.54) is 37.0 Å². The lowest BCUT2D eigenvalue weighted by Crippen LogP contribution is -2.14. The number of nitrogens with zero attached hydrogens (tertiary/aromatic N) is 1. The van der Waals surface area contributed by atoms with Gasteiger partial charge >= 0.3 is 6.18 Å². The fourth-order valence-corrected chi connectivity index (χ4v) is 6.28. The fourth-order valence-electron chi connectivity index (χ4n) is 5.34. The number of alkyl halides is 3. The minimum Gasteiger partial charge on any atom is -0.344 e. The number of benzene rings is 2. The fraction of sp³-hybridized carbons (Fsp3) is 0.433. The molecule has 198 valence electrons. The molecule has 0 amide bonds. The van der Waals surface area contributed by atoms with E-state index in [-0.39, 0.29) is 10.9 Å². The third-order valence-corrected chi connectivity index (χ3v) is 8.19. The molecular weight excluding hydrogens is 493 g/mol. The quantitative estimate of drug-likeness (QED) is 0.147. The van der Waals surface area contributed by atoms with Crippen molar-refractivity contribution in [2.75, 3.05) is 5.75 Å². The van der Waals surface area contributed by atoms with Crippen LogP contribution in [0.15, 0.2) is 58.2 Å². The van der Waals surface area contributed by atoms with Crippen molar-refractivity contribution >= 4 is 33.6 Å². The molecule has 3 nitrogen and oxygen atoms in total. The predicted octanol–water partition coefficient (Wildman–Crippen LogP) is 8.90. The molecule has 0 saturated heterocycles. The summed E-state index contributed by atoms with van der Waals surface area (Å²) in [5.41, 5.74) is 1.39. The number of nitrogens with one attached hydrogen (secondary N) is 1. The van der Waals surface area contributed by atoms with E-state index in [0.717, 1.165) is 48.3 Å². The van der Waals surface area contributed by atoms with Crippen LogP contribution in [0.1, 0.15) is 68.7 Å². The van der Waals surface area contributed by atoms with Crippen molar-refractivity contribution in [1.82, 2.24) is 9.55 Å². The van der Waals surface area contributed by atoms with Crippen molar-refractivity contribution in [2.45, 2.75) is 82.8 Å². The molecule has 0 saturated carbocycles. The predicted molar refractivity (Wildman–Crippen MR) is 149 cm³/mol. The highest BCUT2D eigenvalue weighted by Gasteiger charge is 2.34. The van der Waals surface area contributed by atoms with Crippen molar-refractivity contribution in [3.8, 4) is 0 Å². The first kappa shape index (κ1) is 27.4. The zero-order chi connectivity index (χ0) is 26.4. The van der Waals surface area contributed by atoms with Gasteiger partial charge < -0.3 is 9.55 Å². The Morgan fingerprint density at radius 1 is 0.892 bits per heavy atom. The van der Waals surface area contributed by atoms with Crippen LogP contribution in [0.3, 0.4) is 0 Å². The van der Waals surface area contributed by atoms with E-state index in [4.69, 9.17) is 0 Å². The molecule has 0 aliphatic heterocycles. The number of hydrogen-bond donors (Lipinski definition) is 1. The Balaban J connectivity index is 1.36. The van der Waals surface area contributed by atoms with E-state index in [0.29, 0.717) is 11.5 Å². The summed E-state index contributed by atoms with van der Waals surface area (Å²) < 4.78 is 43.8. The number of aryl methyl sites for hydroxylation is 2. The van der Waals surface area contributed by atoms with Crippen LogP contribution in [0, 0.1) is 6.92 Å². The monoisotopic (exact) mass is 528 g/mol. The van der Waals surface area contributed by atoms with Gasteiger partial charge in [0.15, 0.2) is 0 Å². The van der Waals surface area contributed by atoms with Gasteiger partial charge in [-0.1, -0.05) is 57.2 Å². The van der Waals surface area contributed by atoms with Crippen LogP contribution >= 0.6 is 11.8 Å². The molecule has 0 atom stereocenters. The maximum atomic E-state index is 13.9. The molecule has 1 N–H and O–H groups in total. The zero-order valence-corrected chi connectivity index (χ0v) is 22.4. The summed E-state index contributed by atoms with van der Waals surface area (Å²) in [6.45, 7) is 4.73. The van der Waals surface area contributed by atoms with Crippen molar-refractivity contribution < 1.29 is 13.2 Å². The summed E-state index contributed by atoms with van der Waals surface area (Å²) in [5.74, 6) is 1.16. The minimum absolute atomic E-state index is 0.0981. The van der Waals surface area contributed by atoms with Crippen LogP contribution in [0.2, 0.25) is 0 Å². The van der Waals surface area contributed by atoms with E-state index in [9.17, 15) is 18.0 Å². The van der Waals surface area contributed by atoms with Gasteiger partial charge in [-0.25, -0.2) is 0 Å². The standard InChI is InChI=1S/C30H35F3N2OS/c1-3-25-21(2)28-26(17-16-24-29(28)23(30(31,32)33)20-27(36)34-24)35(25)18-12-7-5-4-6-8-13-19-37-22-14-10-9-11-15-22/h9-11,14-17,20H,3-8,12-13,18-19H2,1-2H3,(H,34,36).